The fraction of sp³-hybridized carbons (Fsp3) is 0.167. The molecule has 0 unspecified atom stereocenters. The minimum atomic E-state index is -0.0891. The van der Waals surface area contributed by atoms with Crippen LogP contribution in [0.4, 0.5) is 5.13 Å². The first-order chi connectivity index (χ1) is 9.54. The highest BCUT2D eigenvalue weighted by molar-refractivity contribution is 7.80. The van der Waals surface area contributed by atoms with Crippen molar-refractivity contribution in [2.75, 3.05) is 5.32 Å². The number of rotatable bonds is 4. The van der Waals surface area contributed by atoms with Crippen molar-refractivity contribution in [3.63, 3.8) is 0 Å². The summed E-state index contributed by atoms with van der Waals surface area (Å²) in [6.07, 6.45) is 0. The number of hydrogen-bond acceptors (Lipinski definition) is 5. The van der Waals surface area contributed by atoms with Crippen LogP contribution in [0, 0.1) is 0 Å². The topological polar surface area (TPSA) is 92.9 Å². The number of hydrogen-bond donors (Lipinski definition) is 3. The van der Waals surface area contributed by atoms with Crippen molar-refractivity contribution < 1.29 is 4.79 Å². The molecule has 1 amide bonds. The zero-order chi connectivity index (χ0) is 14.5. The van der Waals surface area contributed by atoms with Crippen molar-refractivity contribution in [2.24, 2.45) is 5.73 Å². The molecule has 8 heteroatoms. The second kappa shape index (κ2) is 6.40. The van der Waals surface area contributed by atoms with Crippen LogP contribution in [0.5, 0.6) is 0 Å². The van der Waals surface area contributed by atoms with Crippen molar-refractivity contribution >= 4 is 39.7 Å². The van der Waals surface area contributed by atoms with Gasteiger partial charge in [0.2, 0.25) is 5.91 Å². The number of thiocarbonyl (C=S) groups is 1. The predicted octanol–water partition coefficient (Wildman–Crippen LogP) is 1.50. The van der Waals surface area contributed by atoms with Crippen LogP contribution in [0.3, 0.4) is 0 Å². The number of carbonyl (C=O) groups is 1. The van der Waals surface area contributed by atoms with E-state index in [1.165, 1.54) is 18.3 Å². The Morgan fingerprint density at radius 3 is 2.90 bits per heavy atom. The molecule has 0 fully saturated rings. The van der Waals surface area contributed by atoms with E-state index in [9.17, 15) is 4.79 Å². The summed E-state index contributed by atoms with van der Waals surface area (Å²) >= 11 is 6.16. The summed E-state index contributed by atoms with van der Waals surface area (Å²) in [5.74, 6) is -0.0891. The van der Waals surface area contributed by atoms with Crippen LogP contribution in [0.25, 0.3) is 11.4 Å². The van der Waals surface area contributed by atoms with E-state index in [4.69, 9.17) is 18.0 Å². The van der Waals surface area contributed by atoms with Crippen LogP contribution in [0.2, 0.25) is 0 Å². The van der Waals surface area contributed by atoms with Gasteiger partial charge in [-0.25, -0.2) is 9.97 Å². The lowest BCUT2D eigenvalue weighted by molar-refractivity contribution is -0.119. The van der Waals surface area contributed by atoms with Crippen molar-refractivity contribution in [1.82, 2.24) is 15.3 Å². The van der Waals surface area contributed by atoms with Crippen molar-refractivity contribution in [2.45, 2.75) is 13.5 Å². The quantitative estimate of drug-likeness (QED) is 0.741. The van der Waals surface area contributed by atoms with Crippen molar-refractivity contribution in [3.8, 4) is 11.4 Å². The average Bonchev–Trinajstić information content (AvgIpc) is 2.84. The number of nitrogens with zero attached hydrogens (tertiary/aromatic N) is 2. The molecule has 0 aromatic carbocycles. The Morgan fingerprint density at radius 1 is 1.40 bits per heavy atom. The van der Waals surface area contributed by atoms with Crippen molar-refractivity contribution in [1.29, 1.82) is 0 Å². The van der Waals surface area contributed by atoms with Gasteiger partial charge in [-0.05, 0) is 24.4 Å². The summed E-state index contributed by atoms with van der Waals surface area (Å²) < 4.78 is 0. The number of amides is 1. The van der Waals surface area contributed by atoms with E-state index in [2.05, 4.69) is 20.6 Å². The molecule has 4 N–H and O–H groups in total. The van der Waals surface area contributed by atoms with Gasteiger partial charge in [0.1, 0.15) is 5.69 Å². The van der Waals surface area contributed by atoms with E-state index >= 15 is 0 Å². The number of anilines is 1. The number of carbonyl (C=O) groups excluding carboxylic acids is 1. The second-order valence-electron chi connectivity index (χ2n) is 3.95. The Morgan fingerprint density at radius 2 is 2.20 bits per heavy atom. The molecule has 0 radical (unpaired) electrons. The fourth-order valence-electron chi connectivity index (χ4n) is 1.49. The van der Waals surface area contributed by atoms with Crippen LogP contribution in [-0.4, -0.2) is 21.0 Å². The standard InChI is InChI=1S/C12H13N5OS2/c1-7(18)14-5-8-3-2-4-9(15-8)10-6-20-12(16-10)17-11(13)19/h2-4,6H,5H2,1H3,(H,14,18)(H3,13,16,17,19). The highest BCUT2D eigenvalue weighted by atomic mass is 32.1. The largest absolute Gasteiger partial charge is 0.376 e. The lowest BCUT2D eigenvalue weighted by Crippen LogP contribution is -2.19. The van der Waals surface area contributed by atoms with Crippen LogP contribution < -0.4 is 16.4 Å². The number of pyridine rings is 1. The molecule has 20 heavy (non-hydrogen) atoms. The van der Waals surface area contributed by atoms with E-state index in [0.29, 0.717) is 11.7 Å². The fourth-order valence-corrected chi connectivity index (χ4v) is 2.37. The van der Waals surface area contributed by atoms with Crippen LogP contribution in [0.1, 0.15) is 12.6 Å². The molecule has 2 rings (SSSR count). The Balaban J connectivity index is 2.15. The summed E-state index contributed by atoms with van der Waals surface area (Å²) in [5.41, 5.74) is 7.64. The molecule has 104 valence electrons. The van der Waals surface area contributed by atoms with Gasteiger partial charge >= 0.3 is 0 Å². The average molecular weight is 307 g/mol. The van der Waals surface area contributed by atoms with Crippen LogP contribution in [-0.2, 0) is 11.3 Å². The molecule has 2 heterocycles. The maximum atomic E-state index is 10.9. The van der Waals surface area contributed by atoms with Crippen LogP contribution >= 0.6 is 23.6 Å². The Labute approximate surface area is 125 Å². The summed E-state index contributed by atoms with van der Waals surface area (Å²) in [4.78, 5) is 19.7. The van der Waals surface area contributed by atoms with Gasteiger partial charge in [0.25, 0.3) is 0 Å². The maximum absolute atomic E-state index is 10.9. The summed E-state index contributed by atoms with van der Waals surface area (Å²) in [5, 5.41) is 8.16. The maximum Gasteiger partial charge on any atom is 0.217 e. The molecular formula is C12H13N5OS2. The van der Waals surface area contributed by atoms with Gasteiger partial charge in [0.05, 0.1) is 17.9 Å². The first-order valence-corrected chi connectivity index (χ1v) is 7.06. The third kappa shape index (κ3) is 3.97. The van der Waals surface area contributed by atoms with E-state index in [1.54, 1.807) is 0 Å². The summed E-state index contributed by atoms with van der Waals surface area (Å²) in [6.45, 7) is 1.86. The molecule has 0 saturated heterocycles. The molecule has 0 aliphatic carbocycles. The molecule has 0 aliphatic rings. The molecule has 0 saturated carbocycles. The zero-order valence-corrected chi connectivity index (χ0v) is 12.3. The highest BCUT2D eigenvalue weighted by Gasteiger charge is 2.07. The van der Waals surface area contributed by atoms with Gasteiger partial charge in [0.15, 0.2) is 10.2 Å². The molecular weight excluding hydrogens is 294 g/mol. The molecule has 2 aromatic heterocycles. The van der Waals surface area contributed by atoms with Gasteiger partial charge in [-0.3, -0.25) is 4.79 Å². The molecule has 6 nitrogen and oxygen atoms in total. The van der Waals surface area contributed by atoms with Crippen LogP contribution in [0.15, 0.2) is 23.6 Å². The van der Waals surface area contributed by atoms with E-state index < -0.39 is 0 Å². The van der Waals surface area contributed by atoms with E-state index in [1.807, 2.05) is 23.6 Å². The highest BCUT2D eigenvalue weighted by Crippen LogP contribution is 2.23. The third-order valence-corrected chi connectivity index (χ3v) is 3.18. The Kier molecular flexibility index (Phi) is 4.59. The SMILES string of the molecule is CC(=O)NCc1cccc(-c2csc(NC(N)=S)n2)n1. The first-order valence-electron chi connectivity index (χ1n) is 5.77. The van der Waals surface area contributed by atoms with Gasteiger partial charge in [-0.2, -0.15) is 0 Å². The van der Waals surface area contributed by atoms with Gasteiger partial charge in [-0.15, -0.1) is 11.3 Å². The summed E-state index contributed by atoms with van der Waals surface area (Å²) in [7, 11) is 0. The minimum Gasteiger partial charge on any atom is -0.376 e. The Bertz CT molecular complexity index is 640. The van der Waals surface area contributed by atoms with E-state index in [-0.39, 0.29) is 11.0 Å². The molecule has 0 spiro atoms. The lowest BCUT2D eigenvalue weighted by atomic mass is 10.2. The number of nitrogens with two attached hydrogens (primary N) is 1. The first kappa shape index (κ1) is 14.4. The van der Waals surface area contributed by atoms with Gasteiger partial charge in [0, 0.05) is 12.3 Å². The van der Waals surface area contributed by atoms with Crippen molar-refractivity contribution in [3.05, 3.63) is 29.3 Å². The monoisotopic (exact) mass is 307 g/mol. The lowest BCUT2D eigenvalue weighted by Gasteiger charge is -2.03. The number of nitrogens with one attached hydrogen (secondary N) is 2. The minimum absolute atomic E-state index is 0.0891. The Hall–Kier alpha value is -2.06. The molecule has 0 aliphatic heterocycles. The second-order valence-corrected chi connectivity index (χ2v) is 5.25. The molecule has 2 aromatic rings. The molecule has 0 atom stereocenters. The van der Waals surface area contributed by atoms with Gasteiger partial charge in [-0.1, -0.05) is 6.07 Å². The molecule has 0 bridgehead atoms. The smallest absolute Gasteiger partial charge is 0.217 e. The van der Waals surface area contributed by atoms with Gasteiger partial charge < -0.3 is 16.4 Å². The predicted molar refractivity (Wildman–Crippen MR) is 83.3 cm³/mol. The number of aromatic nitrogens is 2. The summed E-state index contributed by atoms with van der Waals surface area (Å²) in [6, 6.07) is 5.58. The zero-order valence-electron chi connectivity index (χ0n) is 10.7. The third-order valence-electron chi connectivity index (χ3n) is 2.32. The van der Waals surface area contributed by atoms with E-state index in [0.717, 1.165) is 17.1 Å². The number of thiazole rings is 1. The normalized spacial score (nSPS) is 10.1.